The van der Waals surface area contributed by atoms with E-state index < -0.39 is 0 Å². The van der Waals surface area contributed by atoms with Gasteiger partial charge in [0.15, 0.2) is 5.96 Å². The Morgan fingerprint density at radius 2 is 1.95 bits per heavy atom. The van der Waals surface area contributed by atoms with Crippen LogP contribution in [0.15, 0.2) is 23.2 Å². The van der Waals surface area contributed by atoms with Crippen molar-refractivity contribution in [2.45, 2.75) is 26.2 Å². The third-order valence-electron chi connectivity index (χ3n) is 2.54. The topological polar surface area (TPSA) is 50.4 Å². The van der Waals surface area contributed by atoms with Crippen LogP contribution in [-0.4, -0.2) is 19.0 Å². The fraction of sp³-hybridized carbons (Fsp3) is 0.462. The Bertz CT molecular complexity index is 391. The lowest BCUT2D eigenvalue weighted by atomic mass is 10.1. The number of hydrogen-bond donors (Lipinski definition) is 2. The van der Waals surface area contributed by atoms with Crippen LogP contribution in [0.3, 0.4) is 0 Å². The monoisotopic (exact) mass is 415 g/mol. The summed E-state index contributed by atoms with van der Waals surface area (Å²) < 4.78 is 0. The van der Waals surface area contributed by atoms with Gasteiger partial charge in [-0.2, -0.15) is 0 Å². The molecular weight excluding hydrogens is 396 g/mol. The molecule has 19 heavy (non-hydrogen) atoms. The van der Waals surface area contributed by atoms with Crippen molar-refractivity contribution in [1.82, 2.24) is 5.32 Å². The Hall–Kier alpha value is -0.200. The van der Waals surface area contributed by atoms with E-state index in [9.17, 15) is 0 Å². The van der Waals surface area contributed by atoms with Gasteiger partial charge in [0.05, 0.1) is 0 Å². The summed E-state index contributed by atoms with van der Waals surface area (Å²) in [4.78, 5) is 4.21. The highest BCUT2D eigenvalue weighted by atomic mass is 127. The molecule has 1 aromatic carbocycles. The molecule has 6 heteroatoms. The molecule has 0 heterocycles. The van der Waals surface area contributed by atoms with Crippen LogP contribution in [0.2, 0.25) is 10.0 Å². The molecular formula is C13H20Cl2IN3. The molecule has 0 aliphatic carbocycles. The highest BCUT2D eigenvalue weighted by Crippen LogP contribution is 2.24. The minimum absolute atomic E-state index is 0. The second-order valence-corrected chi connectivity index (χ2v) is 4.81. The van der Waals surface area contributed by atoms with Crippen LogP contribution in [0.1, 0.15) is 25.3 Å². The fourth-order valence-electron chi connectivity index (χ4n) is 1.50. The second-order valence-electron chi connectivity index (χ2n) is 4.00. The van der Waals surface area contributed by atoms with Gasteiger partial charge < -0.3 is 11.1 Å². The summed E-state index contributed by atoms with van der Waals surface area (Å²) in [5.41, 5.74) is 6.67. The molecule has 3 nitrogen and oxygen atoms in total. The average Bonchev–Trinajstić information content (AvgIpc) is 2.33. The van der Waals surface area contributed by atoms with Gasteiger partial charge >= 0.3 is 0 Å². The Kier molecular flexibility index (Phi) is 10.5. The number of unbranched alkanes of at least 4 members (excludes halogenated alkanes) is 1. The van der Waals surface area contributed by atoms with Crippen molar-refractivity contribution >= 4 is 53.1 Å². The maximum atomic E-state index is 6.07. The maximum absolute atomic E-state index is 6.07. The zero-order valence-electron chi connectivity index (χ0n) is 11.0. The second kappa shape index (κ2) is 10.6. The van der Waals surface area contributed by atoms with Crippen LogP contribution in [-0.2, 0) is 6.42 Å². The van der Waals surface area contributed by atoms with Crippen molar-refractivity contribution in [2.75, 3.05) is 13.1 Å². The largest absolute Gasteiger partial charge is 0.370 e. The number of hydrogen-bond acceptors (Lipinski definition) is 1. The summed E-state index contributed by atoms with van der Waals surface area (Å²) in [6.07, 6.45) is 2.90. The molecule has 0 spiro atoms. The average molecular weight is 416 g/mol. The summed E-state index contributed by atoms with van der Waals surface area (Å²) >= 11 is 12.1. The molecule has 0 unspecified atom stereocenters. The van der Waals surface area contributed by atoms with Gasteiger partial charge in [-0.3, -0.25) is 4.99 Å². The van der Waals surface area contributed by atoms with Crippen molar-refractivity contribution in [3.8, 4) is 0 Å². The molecule has 0 aliphatic rings. The van der Waals surface area contributed by atoms with Gasteiger partial charge in [-0.25, -0.2) is 0 Å². The quantitative estimate of drug-likeness (QED) is 0.321. The normalized spacial score (nSPS) is 11.0. The summed E-state index contributed by atoms with van der Waals surface area (Å²) in [6, 6.07) is 5.51. The van der Waals surface area contributed by atoms with E-state index in [1.807, 2.05) is 18.2 Å². The van der Waals surface area contributed by atoms with Crippen molar-refractivity contribution in [3.63, 3.8) is 0 Å². The van der Waals surface area contributed by atoms with Gasteiger partial charge in [0.2, 0.25) is 0 Å². The molecule has 0 saturated carbocycles. The molecule has 0 atom stereocenters. The lowest BCUT2D eigenvalue weighted by Gasteiger charge is -2.08. The minimum Gasteiger partial charge on any atom is -0.370 e. The van der Waals surface area contributed by atoms with Gasteiger partial charge in [0, 0.05) is 23.1 Å². The van der Waals surface area contributed by atoms with Crippen LogP contribution in [0.4, 0.5) is 0 Å². The van der Waals surface area contributed by atoms with Crippen LogP contribution in [0.5, 0.6) is 0 Å². The Balaban J connectivity index is 0.00000324. The highest BCUT2D eigenvalue weighted by molar-refractivity contribution is 14.0. The number of aliphatic imine (C=N–C) groups is 1. The van der Waals surface area contributed by atoms with Crippen LogP contribution in [0.25, 0.3) is 0 Å². The predicted octanol–water partition coefficient (Wildman–Crippen LogP) is 3.86. The van der Waals surface area contributed by atoms with Crippen molar-refractivity contribution in [2.24, 2.45) is 10.7 Å². The van der Waals surface area contributed by atoms with E-state index in [-0.39, 0.29) is 24.0 Å². The molecule has 1 rings (SSSR count). The number of halogens is 3. The Morgan fingerprint density at radius 3 is 2.53 bits per heavy atom. The molecule has 0 saturated heterocycles. The van der Waals surface area contributed by atoms with E-state index in [0.29, 0.717) is 22.5 Å². The van der Waals surface area contributed by atoms with Gasteiger partial charge in [0.1, 0.15) is 0 Å². The molecule has 1 aromatic rings. The van der Waals surface area contributed by atoms with E-state index in [0.717, 1.165) is 31.4 Å². The van der Waals surface area contributed by atoms with Crippen LogP contribution >= 0.6 is 47.2 Å². The fourth-order valence-corrected chi connectivity index (χ4v) is 2.09. The molecule has 3 N–H and O–H groups in total. The number of guanidine groups is 1. The molecule has 0 aliphatic heterocycles. The summed E-state index contributed by atoms with van der Waals surface area (Å²) in [7, 11) is 0. The van der Waals surface area contributed by atoms with Gasteiger partial charge in [-0.1, -0.05) is 42.6 Å². The zero-order valence-corrected chi connectivity index (χ0v) is 14.8. The standard InChI is InChI=1S/C13H19Cl2N3.HI/c1-2-3-8-17-13(16)18-9-7-10-11(14)5-4-6-12(10)15;/h4-6H,2-3,7-9H2,1H3,(H3,16,17,18);1H. The van der Waals surface area contributed by atoms with E-state index in [4.69, 9.17) is 28.9 Å². The van der Waals surface area contributed by atoms with Crippen molar-refractivity contribution in [1.29, 1.82) is 0 Å². The van der Waals surface area contributed by atoms with Gasteiger partial charge in [-0.15, -0.1) is 24.0 Å². The Labute approximate surface area is 142 Å². The van der Waals surface area contributed by atoms with Crippen molar-refractivity contribution < 1.29 is 0 Å². The number of nitrogens with two attached hydrogens (primary N) is 1. The third kappa shape index (κ3) is 7.22. The van der Waals surface area contributed by atoms with E-state index in [1.54, 1.807) is 0 Å². The van der Waals surface area contributed by atoms with Gasteiger partial charge in [-0.05, 0) is 30.5 Å². The van der Waals surface area contributed by atoms with E-state index in [2.05, 4.69) is 17.2 Å². The maximum Gasteiger partial charge on any atom is 0.188 e. The van der Waals surface area contributed by atoms with Crippen LogP contribution < -0.4 is 11.1 Å². The number of rotatable bonds is 6. The molecule has 0 bridgehead atoms. The molecule has 0 amide bonds. The smallest absolute Gasteiger partial charge is 0.188 e. The SMILES string of the molecule is CCCCN=C(N)NCCc1c(Cl)cccc1Cl.I. The first-order chi connectivity index (χ1) is 8.65. The first kappa shape index (κ1) is 18.8. The number of nitrogens with zero attached hydrogens (tertiary/aromatic N) is 1. The zero-order chi connectivity index (χ0) is 13.4. The summed E-state index contributed by atoms with van der Waals surface area (Å²) in [5, 5.41) is 4.43. The molecule has 0 radical (unpaired) electrons. The first-order valence-corrected chi connectivity index (χ1v) is 6.87. The van der Waals surface area contributed by atoms with Crippen LogP contribution in [0, 0.1) is 0 Å². The Morgan fingerprint density at radius 1 is 1.32 bits per heavy atom. The summed E-state index contributed by atoms with van der Waals surface area (Å²) in [5.74, 6) is 0.478. The lowest BCUT2D eigenvalue weighted by Crippen LogP contribution is -2.33. The lowest BCUT2D eigenvalue weighted by molar-refractivity contribution is 0.791. The van der Waals surface area contributed by atoms with Gasteiger partial charge in [0.25, 0.3) is 0 Å². The number of benzene rings is 1. The molecule has 0 aromatic heterocycles. The van der Waals surface area contributed by atoms with Crippen molar-refractivity contribution in [3.05, 3.63) is 33.8 Å². The summed E-state index contributed by atoms with van der Waals surface area (Å²) in [6.45, 7) is 3.56. The minimum atomic E-state index is 0. The molecule has 108 valence electrons. The first-order valence-electron chi connectivity index (χ1n) is 6.11. The number of nitrogens with one attached hydrogen (secondary N) is 1. The highest BCUT2D eigenvalue weighted by Gasteiger charge is 2.04. The van der Waals surface area contributed by atoms with E-state index in [1.165, 1.54) is 0 Å². The third-order valence-corrected chi connectivity index (χ3v) is 3.24. The molecule has 0 fully saturated rings. The predicted molar refractivity (Wildman–Crippen MR) is 95.0 cm³/mol. The van der Waals surface area contributed by atoms with E-state index >= 15 is 0 Å².